The first-order valence-electron chi connectivity index (χ1n) is 5.72. The summed E-state index contributed by atoms with van der Waals surface area (Å²) in [6.07, 6.45) is 0.986. The number of anilines is 1. The van der Waals surface area contributed by atoms with Crippen molar-refractivity contribution in [3.8, 4) is 0 Å². The van der Waals surface area contributed by atoms with Crippen LogP contribution >= 0.6 is 10.7 Å². The van der Waals surface area contributed by atoms with Crippen LogP contribution < -0.4 is 4.72 Å². The normalized spacial score (nSPS) is 12.8. The fraction of sp³-hybridized carbons (Fsp3) is 0.462. The monoisotopic (exact) mass is 259 g/mol. The molecule has 1 unspecified atom stereocenters. The predicted octanol–water partition coefficient (Wildman–Crippen LogP) is 4.53. The van der Waals surface area contributed by atoms with Crippen LogP contribution in [0.25, 0.3) is 0 Å². The zero-order valence-corrected chi connectivity index (χ0v) is 11.3. The van der Waals surface area contributed by atoms with Crippen molar-refractivity contribution in [3.05, 3.63) is 29.3 Å². The van der Waals surface area contributed by atoms with Crippen molar-refractivity contribution >= 4 is 22.2 Å². The van der Waals surface area contributed by atoms with Crippen molar-refractivity contribution in [3.63, 3.8) is 0 Å². The van der Waals surface area contributed by atoms with Gasteiger partial charge in [-0.1, -0.05) is 26.6 Å². The standard InChI is InChI=1S/C13H19F2NS/c1-5-8-17(4)16-11-7-6-10(14)12(9(2)3)13(11)15/h6-7,9,16H,4-5,8H2,1-3H3. The fourth-order valence-corrected chi connectivity index (χ4v) is 2.69. The van der Waals surface area contributed by atoms with Gasteiger partial charge in [-0.25, -0.2) is 8.78 Å². The first-order valence-corrected chi connectivity index (χ1v) is 7.28. The van der Waals surface area contributed by atoms with E-state index in [2.05, 4.69) is 10.6 Å². The van der Waals surface area contributed by atoms with Gasteiger partial charge < -0.3 is 4.72 Å². The van der Waals surface area contributed by atoms with Gasteiger partial charge in [0.15, 0.2) is 5.82 Å². The summed E-state index contributed by atoms with van der Waals surface area (Å²) in [5.74, 6) is 3.66. The molecule has 1 aromatic rings. The van der Waals surface area contributed by atoms with Gasteiger partial charge >= 0.3 is 0 Å². The van der Waals surface area contributed by atoms with Crippen LogP contribution in [0.5, 0.6) is 0 Å². The van der Waals surface area contributed by atoms with Crippen molar-refractivity contribution in [2.24, 2.45) is 0 Å². The Kier molecular flexibility index (Phi) is 5.12. The maximum atomic E-state index is 14.1. The number of nitrogens with one attached hydrogen (secondary N) is 1. The van der Waals surface area contributed by atoms with Crippen molar-refractivity contribution in [1.29, 1.82) is 0 Å². The van der Waals surface area contributed by atoms with Gasteiger partial charge in [0, 0.05) is 11.3 Å². The van der Waals surface area contributed by atoms with Crippen LogP contribution in [0.2, 0.25) is 0 Å². The molecular weight excluding hydrogens is 240 g/mol. The largest absolute Gasteiger partial charge is 0.333 e. The highest BCUT2D eigenvalue weighted by Crippen LogP contribution is 2.29. The molecule has 1 N–H and O–H groups in total. The lowest BCUT2D eigenvalue weighted by molar-refractivity contribution is 0.544. The van der Waals surface area contributed by atoms with Crippen LogP contribution in [0.15, 0.2) is 12.1 Å². The molecule has 0 amide bonds. The lowest BCUT2D eigenvalue weighted by Crippen LogP contribution is -2.03. The van der Waals surface area contributed by atoms with Crippen molar-refractivity contribution in [2.45, 2.75) is 33.1 Å². The molecule has 0 saturated heterocycles. The molecule has 1 nitrogen and oxygen atoms in total. The van der Waals surface area contributed by atoms with E-state index in [1.54, 1.807) is 13.8 Å². The molecule has 1 atom stereocenters. The van der Waals surface area contributed by atoms with E-state index in [4.69, 9.17) is 0 Å². The van der Waals surface area contributed by atoms with Gasteiger partial charge in [-0.2, -0.15) is 0 Å². The molecule has 0 heterocycles. The smallest absolute Gasteiger partial charge is 0.153 e. The molecule has 96 valence electrons. The summed E-state index contributed by atoms with van der Waals surface area (Å²) >= 11 is 0. The third kappa shape index (κ3) is 3.53. The average Bonchev–Trinajstić information content (AvgIpc) is 2.22. The fourth-order valence-electron chi connectivity index (χ4n) is 1.63. The summed E-state index contributed by atoms with van der Waals surface area (Å²) in [6.45, 7) is 5.61. The first-order chi connectivity index (χ1) is 7.97. The third-order valence-corrected chi connectivity index (χ3v) is 3.82. The van der Waals surface area contributed by atoms with Gasteiger partial charge in [0.05, 0.1) is 5.69 Å². The van der Waals surface area contributed by atoms with Crippen LogP contribution in [-0.4, -0.2) is 11.6 Å². The second-order valence-electron chi connectivity index (χ2n) is 4.28. The topological polar surface area (TPSA) is 12.0 Å². The zero-order valence-electron chi connectivity index (χ0n) is 10.5. The maximum absolute atomic E-state index is 14.1. The summed E-state index contributed by atoms with van der Waals surface area (Å²) in [5.41, 5.74) is 0.491. The highest BCUT2D eigenvalue weighted by molar-refractivity contribution is 8.15. The molecule has 0 bridgehead atoms. The van der Waals surface area contributed by atoms with Gasteiger partial charge in [0.2, 0.25) is 0 Å². The Balaban J connectivity index is 3.02. The van der Waals surface area contributed by atoms with Crippen LogP contribution in [-0.2, 0) is 0 Å². The Hall–Kier alpha value is -0.900. The van der Waals surface area contributed by atoms with Gasteiger partial charge in [0.1, 0.15) is 5.82 Å². The Bertz CT molecular complexity index is 416. The van der Waals surface area contributed by atoms with E-state index in [1.165, 1.54) is 12.1 Å². The van der Waals surface area contributed by atoms with E-state index in [0.29, 0.717) is 5.69 Å². The molecule has 4 heteroatoms. The zero-order chi connectivity index (χ0) is 13.0. The van der Waals surface area contributed by atoms with Crippen molar-refractivity contribution in [2.75, 3.05) is 10.5 Å². The Morgan fingerprint density at radius 1 is 1.35 bits per heavy atom. The summed E-state index contributed by atoms with van der Waals surface area (Å²) in [7, 11) is -0.322. The minimum Gasteiger partial charge on any atom is -0.333 e. The van der Waals surface area contributed by atoms with Crippen molar-refractivity contribution < 1.29 is 8.78 Å². The second-order valence-corrected chi connectivity index (χ2v) is 5.87. The number of benzene rings is 1. The highest BCUT2D eigenvalue weighted by Gasteiger charge is 2.16. The SMILES string of the molecule is C=S(CCC)Nc1ccc(F)c(C(C)C)c1F. The third-order valence-electron chi connectivity index (χ3n) is 2.41. The maximum Gasteiger partial charge on any atom is 0.153 e. The van der Waals surface area contributed by atoms with Gasteiger partial charge in [-0.3, -0.25) is 0 Å². The molecule has 0 aliphatic heterocycles. The summed E-state index contributed by atoms with van der Waals surface area (Å²) < 4.78 is 30.6. The number of hydrogen-bond donors (Lipinski definition) is 1. The Morgan fingerprint density at radius 2 is 2.00 bits per heavy atom. The molecular formula is C13H19F2NS. The van der Waals surface area contributed by atoms with Crippen LogP contribution in [0, 0.1) is 11.6 Å². The minimum absolute atomic E-state index is 0.142. The Labute approximate surface area is 104 Å². The Morgan fingerprint density at radius 3 is 2.53 bits per heavy atom. The van der Waals surface area contributed by atoms with E-state index in [1.807, 2.05) is 6.92 Å². The number of hydrogen-bond acceptors (Lipinski definition) is 1. The minimum atomic E-state index is -0.489. The quantitative estimate of drug-likeness (QED) is 0.766. The summed E-state index contributed by atoms with van der Waals surface area (Å²) in [5, 5.41) is 0. The van der Waals surface area contributed by atoms with Crippen LogP contribution in [0.1, 0.15) is 38.7 Å². The molecule has 0 radical (unpaired) electrons. The van der Waals surface area contributed by atoms with E-state index in [-0.39, 0.29) is 22.2 Å². The van der Waals surface area contributed by atoms with E-state index >= 15 is 0 Å². The molecule has 0 saturated carbocycles. The van der Waals surface area contributed by atoms with Gasteiger partial charge in [-0.05, 0) is 24.5 Å². The number of rotatable bonds is 5. The molecule has 0 aromatic heterocycles. The molecule has 0 aliphatic carbocycles. The lowest BCUT2D eigenvalue weighted by Gasteiger charge is -2.15. The second kappa shape index (κ2) is 6.15. The van der Waals surface area contributed by atoms with Crippen LogP contribution in [0.4, 0.5) is 14.5 Å². The molecule has 1 rings (SSSR count). The lowest BCUT2D eigenvalue weighted by atomic mass is 10.0. The van der Waals surface area contributed by atoms with E-state index < -0.39 is 11.6 Å². The molecule has 0 fully saturated rings. The molecule has 1 aromatic carbocycles. The average molecular weight is 259 g/mol. The van der Waals surface area contributed by atoms with E-state index in [9.17, 15) is 8.78 Å². The molecule has 0 aliphatic rings. The highest BCUT2D eigenvalue weighted by atomic mass is 32.2. The predicted molar refractivity (Wildman–Crippen MR) is 73.9 cm³/mol. The summed E-state index contributed by atoms with van der Waals surface area (Å²) in [4.78, 5) is 0. The molecule has 17 heavy (non-hydrogen) atoms. The first kappa shape index (κ1) is 14.2. The molecule has 0 spiro atoms. The van der Waals surface area contributed by atoms with E-state index in [0.717, 1.165) is 12.2 Å². The summed E-state index contributed by atoms with van der Waals surface area (Å²) in [6, 6.07) is 2.75. The van der Waals surface area contributed by atoms with Crippen molar-refractivity contribution in [1.82, 2.24) is 0 Å². The number of halogens is 2. The van der Waals surface area contributed by atoms with Gasteiger partial charge in [-0.15, -0.1) is 10.7 Å². The van der Waals surface area contributed by atoms with Crippen LogP contribution in [0.3, 0.4) is 0 Å². The van der Waals surface area contributed by atoms with Gasteiger partial charge in [0.25, 0.3) is 0 Å².